The van der Waals surface area contributed by atoms with Gasteiger partial charge in [-0.05, 0) is 62.0 Å². The van der Waals surface area contributed by atoms with Crippen molar-refractivity contribution in [1.82, 2.24) is 14.7 Å². The zero-order chi connectivity index (χ0) is 27.8. The molecule has 0 amide bonds. The van der Waals surface area contributed by atoms with Crippen LogP contribution in [0.1, 0.15) is 63.5 Å². The summed E-state index contributed by atoms with van der Waals surface area (Å²) in [6.07, 6.45) is 5.08. The van der Waals surface area contributed by atoms with E-state index in [1.807, 2.05) is 0 Å². The van der Waals surface area contributed by atoms with Gasteiger partial charge in [0.1, 0.15) is 6.04 Å². The van der Waals surface area contributed by atoms with Gasteiger partial charge in [-0.25, -0.2) is 0 Å². The van der Waals surface area contributed by atoms with Crippen molar-refractivity contribution in [2.24, 2.45) is 11.8 Å². The predicted molar refractivity (Wildman–Crippen MR) is 161 cm³/mol. The van der Waals surface area contributed by atoms with Gasteiger partial charge in [0, 0.05) is 56.9 Å². The zero-order valence-corrected chi connectivity index (χ0v) is 24.3. The number of nitrogens with zero attached hydrogens (tertiary/aromatic N) is 3. The largest absolute Gasteiger partial charge is 0.480 e. The van der Waals surface area contributed by atoms with Crippen LogP contribution in [0.2, 0.25) is 0 Å². The molecule has 3 unspecified atom stereocenters. The number of benzene rings is 2. The van der Waals surface area contributed by atoms with Gasteiger partial charge in [-0.2, -0.15) is 0 Å². The predicted octanol–water partition coefficient (Wildman–Crippen LogP) is 6.13. The Bertz CT molecular complexity index is 1030. The molecule has 2 heterocycles. The van der Waals surface area contributed by atoms with E-state index in [0.717, 1.165) is 65.0 Å². The van der Waals surface area contributed by atoms with Crippen LogP contribution in [0, 0.1) is 11.8 Å². The fourth-order valence-electron chi connectivity index (χ4n) is 6.84. The van der Waals surface area contributed by atoms with Crippen LogP contribution in [0.25, 0.3) is 0 Å². The van der Waals surface area contributed by atoms with Gasteiger partial charge in [0.15, 0.2) is 0 Å². The molecule has 2 aliphatic heterocycles. The molecule has 39 heavy (non-hydrogen) atoms. The van der Waals surface area contributed by atoms with Gasteiger partial charge in [0.2, 0.25) is 0 Å². The normalized spacial score (nSPS) is 21.7. The second kappa shape index (κ2) is 14.1. The van der Waals surface area contributed by atoms with Crippen molar-refractivity contribution in [2.45, 2.75) is 70.9 Å². The number of likely N-dealkylation sites (tertiary alicyclic amines) is 2. The number of hydrogen-bond donors (Lipinski definition) is 1. The summed E-state index contributed by atoms with van der Waals surface area (Å²) in [4.78, 5) is 19.7. The Morgan fingerprint density at radius 2 is 1.67 bits per heavy atom. The minimum absolute atomic E-state index is 0.364. The molecular formula is C34H49N3O2. The van der Waals surface area contributed by atoms with E-state index in [-0.39, 0.29) is 0 Å². The van der Waals surface area contributed by atoms with Crippen LogP contribution in [0.5, 0.6) is 0 Å². The van der Waals surface area contributed by atoms with Crippen molar-refractivity contribution in [3.05, 3.63) is 84.1 Å². The molecule has 0 saturated carbocycles. The Labute approximate surface area is 236 Å². The Kier molecular flexibility index (Phi) is 10.6. The molecule has 2 fully saturated rings. The minimum Gasteiger partial charge on any atom is -0.480 e. The molecule has 4 rings (SSSR count). The van der Waals surface area contributed by atoms with Crippen molar-refractivity contribution in [1.29, 1.82) is 0 Å². The first kappa shape index (κ1) is 29.4. The molecular weight excluding hydrogens is 482 g/mol. The number of hydrogen-bond acceptors (Lipinski definition) is 4. The maximum absolute atomic E-state index is 12.2. The lowest BCUT2D eigenvalue weighted by atomic mass is 9.88. The summed E-state index contributed by atoms with van der Waals surface area (Å²) in [5.41, 5.74) is 3.99. The molecule has 5 heteroatoms. The van der Waals surface area contributed by atoms with E-state index in [0.29, 0.717) is 30.2 Å². The molecule has 5 nitrogen and oxygen atoms in total. The minimum atomic E-state index is -0.677. The molecule has 0 bridgehead atoms. The van der Waals surface area contributed by atoms with Crippen molar-refractivity contribution >= 4 is 5.97 Å². The average molecular weight is 532 g/mol. The lowest BCUT2D eigenvalue weighted by Crippen LogP contribution is -2.46. The number of piperidine rings is 1. The third-order valence-corrected chi connectivity index (χ3v) is 8.90. The maximum Gasteiger partial charge on any atom is 0.320 e. The zero-order valence-electron chi connectivity index (χ0n) is 24.3. The second-order valence-corrected chi connectivity index (χ2v) is 12.1. The first-order chi connectivity index (χ1) is 18.9. The van der Waals surface area contributed by atoms with E-state index >= 15 is 0 Å². The van der Waals surface area contributed by atoms with E-state index < -0.39 is 12.0 Å². The summed E-state index contributed by atoms with van der Waals surface area (Å²) in [5, 5.41) is 10.0. The summed E-state index contributed by atoms with van der Waals surface area (Å²) < 4.78 is 0. The highest BCUT2D eigenvalue weighted by Gasteiger charge is 2.40. The third-order valence-electron chi connectivity index (χ3n) is 8.90. The molecule has 2 saturated heterocycles. The molecule has 2 aromatic carbocycles. The number of rotatable bonds is 13. The van der Waals surface area contributed by atoms with Crippen LogP contribution in [0.15, 0.2) is 72.9 Å². The highest BCUT2D eigenvalue weighted by Crippen LogP contribution is 2.36. The van der Waals surface area contributed by atoms with Crippen molar-refractivity contribution in [3.8, 4) is 0 Å². The van der Waals surface area contributed by atoms with E-state index in [9.17, 15) is 9.90 Å². The fourth-order valence-corrected chi connectivity index (χ4v) is 6.84. The number of aryl methyl sites for hydroxylation is 1. The van der Waals surface area contributed by atoms with Crippen molar-refractivity contribution in [3.63, 3.8) is 0 Å². The Balaban J connectivity index is 1.35. The van der Waals surface area contributed by atoms with Gasteiger partial charge in [0.25, 0.3) is 0 Å². The van der Waals surface area contributed by atoms with Crippen molar-refractivity contribution in [2.75, 3.05) is 39.3 Å². The number of allylic oxidation sites excluding steroid dienone is 1. The van der Waals surface area contributed by atoms with Gasteiger partial charge in [-0.1, -0.05) is 81.1 Å². The van der Waals surface area contributed by atoms with E-state index in [1.54, 1.807) is 0 Å². The standard InChI is InChI=1S/C34H49N3O2/c1-5-37(27(4)16-17-28-12-8-6-9-13-28)31-18-20-35(21-19-31)23-30-24-36(33(34(38)39)22-26(2)3)25-32(30)29-14-10-7-11-15-29/h6-15,26,30-33H,4-5,16-25H2,1-3H3,(H,38,39). The Hall–Kier alpha value is -2.63. The van der Waals surface area contributed by atoms with Gasteiger partial charge in [-0.15, -0.1) is 0 Å². The van der Waals surface area contributed by atoms with Crippen LogP contribution in [-0.2, 0) is 11.2 Å². The van der Waals surface area contributed by atoms with Crippen LogP contribution < -0.4 is 0 Å². The van der Waals surface area contributed by atoms with Crippen molar-refractivity contribution < 1.29 is 9.90 Å². The quantitative estimate of drug-likeness (QED) is 0.337. The molecule has 0 aliphatic carbocycles. The van der Waals surface area contributed by atoms with E-state index in [4.69, 9.17) is 0 Å². The third kappa shape index (κ3) is 7.95. The molecule has 2 aromatic rings. The van der Waals surface area contributed by atoms with E-state index in [2.05, 4.69) is 103 Å². The average Bonchev–Trinajstić information content (AvgIpc) is 3.36. The molecule has 2 aliphatic rings. The Morgan fingerprint density at radius 3 is 2.26 bits per heavy atom. The lowest BCUT2D eigenvalue weighted by Gasteiger charge is -2.41. The first-order valence-corrected chi connectivity index (χ1v) is 15.1. The summed E-state index contributed by atoms with van der Waals surface area (Å²) in [6.45, 7) is 16.9. The summed E-state index contributed by atoms with van der Waals surface area (Å²) in [7, 11) is 0. The SMILES string of the molecule is C=C(CCc1ccccc1)N(CC)C1CCN(CC2CN(C(CC(C)C)C(=O)O)CC2c2ccccc2)CC1. The Morgan fingerprint density at radius 1 is 1.03 bits per heavy atom. The number of carbonyl (C=O) groups is 1. The molecule has 0 aromatic heterocycles. The fraction of sp³-hybridized carbons (Fsp3) is 0.559. The highest BCUT2D eigenvalue weighted by atomic mass is 16.4. The van der Waals surface area contributed by atoms with Crippen LogP contribution in [0.3, 0.4) is 0 Å². The summed E-state index contributed by atoms with van der Waals surface area (Å²) in [5.74, 6) is 0.511. The van der Waals surface area contributed by atoms with Gasteiger partial charge < -0.3 is 14.9 Å². The highest BCUT2D eigenvalue weighted by molar-refractivity contribution is 5.73. The maximum atomic E-state index is 12.2. The van der Waals surface area contributed by atoms with Crippen LogP contribution in [-0.4, -0.2) is 77.1 Å². The van der Waals surface area contributed by atoms with E-state index in [1.165, 1.54) is 16.8 Å². The van der Waals surface area contributed by atoms with Crippen LogP contribution in [0.4, 0.5) is 0 Å². The smallest absolute Gasteiger partial charge is 0.320 e. The summed E-state index contributed by atoms with van der Waals surface area (Å²) in [6, 6.07) is 21.6. The number of carboxylic acid groups (broad SMARTS) is 1. The lowest BCUT2D eigenvalue weighted by molar-refractivity contribution is -0.143. The van der Waals surface area contributed by atoms with Gasteiger partial charge in [-0.3, -0.25) is 9.69 Å². The molecule has 1 N–H and O–H groups in total. The molecule has 0 spiro atoms. The number of carboxylic acids is 1. The molecule has 3 atom stereocenters. The molecule has 212 valence electrons. The van der Waals surface area contributed by atoms with Crippen LogP contribution >= 0.6 is 0 Å². The topological polar surface area (TPSA) is 47.0 Å². The monoisotopic (exact) mass is 531 g/mol. The first-order valence-electron chi connectivity index (χ1n) is 15.1. The second-order valence-electron chi connectivity index (χ2n) is 12.1. The molecule has 0 radical (unpaired) electrons. The van der Waals surface area contributed by atoms with Gasteiger partial charge in [0.05, 0.1) is 0 Å². The summed E-state index contributed by atoms with van der Waals surface area (Å²) >= 11 is 0. The number of aliphatic carboxylic acids is 1. The van der Waals surface area contributed by atoms with Gasteiger partial charge >= 0.3 is 5.97 Å².